The van der Waals surface area contributed by atoms with E-state index in [2.05, 4.69) is 4.74 Å². The molecular weight excluding hydrogens is 216 g/mol. The van der Waals surface area contributed by atoms with E-state index in [1.54, 1.807) is 0 Å². The molecule has 0 spiro atoms. The minimum Gasteiger partial charge on any atom is -0.469 e. The van der Waals surface area contributed by atoms with E-state index in [-0.39, 0.29) is 6.42 Å². The van der Waals surface area contributed by atoms with Gasteiger partial charge in [0.1, 0.15) is 5.60 Å². The Morgan fingerprint density at radius 3 is 2.18 bits per heavy atom. The summed E-state index contributed by atoms with van der Waals surface area (Å²) < 4.78 is 4.66. The van der Waals surface area contributed by atoms with E-state index in [1.165, 1.54) is 7.11 Å². The first-order chi connectivity index (χ1) is 7.81. The Morgan fingerprint density at radius 1 is 1.24 bits per heavy atom. The van der Waals surface area contributed by atoms with Gasteiger partial charge in [-0.15, -0.1) is 0 Å². The average Bonchev–Trinajstić information content (AvgIpc) is 2.28. The lowest BCUT2D eigenvalue weighted by atomic mass is 9.70. The summed E-state index contributed by atoms with van der Waals surface area (Å²) in [5, 5.41) is 10.8. The highest BCUT2D eigenvalue weighted by Gasteiger charge is 2.43. The van der Waals surface area contributed by atoms with Gasteiger partial charge in [0.15, 0.2) is 0 Å². The molecule has 0 heterocycles. The summed E-state index contributed by atoms with van der Waals surface area (Å²) in [6.45, 7) is 5.72. The van der Waals surface area contributed by atoms with Crippen molar-refractivity contribution in [3.63, 3.8) is 0 Å². The second-order valence-electron chi connectivity index (χ2n) is 5.23. The number of rotatable bonds is 3. The normalized spacial score (nSPS) is 15.1. The quantitative estimate of drug-likeness (QED) is 0.820. The molecule has 0 radical (unpaired) electrons. The van der Waals surface area contributed by atoms with Crippen molar-refractivity contribution < 1.29 is 14.6 Å². The fraction of sp³-hybridized carbons (Fsp3) is 0.500. The molecular formula is C14H20O3. The van der Waals surface area contributed by atoms with Gasteiger partial charge in [-0.1, -0.05) is 51.1 Å². The topological polar surface area (TPSA) is 46.5 Å². The van der Waals surface area contributed by atoms with Crippen molar-refractivity contribution in [1.29, 1.82) is 0 Å². The summed E-state index contributed by atoms with van der Waals surface area (Å²) in [5.74, 6) is -0.411. The van der Waals surface area contributed by atoms with Crippen LogP contribution in [0, 0.1) is 5.41 Å². The summed E-state index contributed by atoms with van der Waals surface area (Å²) >= 11 is 0. The van der Waals surface area contributed by atoms with E-state index in [0.717, 1.165) is 5.56 Å². The molecule has 0 amide bonds. The van der Waals surface area contributed by atoms with Crippen LogP contribution in [0.4, 0.5) is 0 Å². The van der Waals surface area contributed by atoms with Crippen LogP contribution in [0.15, 0.2) is 30.3 Å². The molecule has 1 rings (SSSR count). The molecule has 17 heavy (non-hydrogen) atoms. The Labute approximate surface area is 102 Å². The van der Waals surface area contributed by atoms with Gasteiger partial charge in [0, 0.05) is 0 Å². The largest absolute Gasteiger partial charge is 0.469 e. The Kier molecular flexibility index (Phi) is 3.94. The fourth-order valence-electron chi connectivity index (χ4n) is 1.80. The van der Waals surface area contributed by atoms with Crippen molar-refractivity contribution >= 4 is 5.97 Å². The van der Waals surface area contributed by atoms with E-state index < -0.39 is 17.0 Å². The maximum atomic E-state index is 11.5. The molecule has 0 unspecified atom stereocenters. The predicted octanol–water partition coefficient (Wildman–Crippen LogP) is 2.48. The van der Waals surface area contributed by atoms with Gasteiger partial charge in [-0.05, 0) is 11.0 Å². The van der Waals surface area contributed by atoms with Gasteiger partial charge < -0.3 is 9.84 Å². The summed E-state index contributed by atoms with van der Waals surface area (Å²) in [4.78, 5) is 11.5. The highest BCUT2D eigenvalue weighted by molar-refractivity contribution is 5.71. The van der Waals surface area contributed by atoms with Crippen molar-refractivity contribution in [2.75, 3.05) is 7.11 Å². The van der Waals surface area contributed by atoms with Gasteiger partial charge in [-0.3, -0.25) is 4.79 Å². The van der Waals surface area contributed by atoms with Crippen LogP contribution in [0.1, 0.15) is 32.8 Å². The highest BCUT2D eigenvalue weighted by Crippen LogP contribution is 2.42. The first-order valence-electron chi connectivity index (χ1n) is 5.66. The van der Waals surface area contributed by atoms with Crippen molar-refractivity contribution in [2.45, 2.75) is 32.8 Å². The first kappa shape index (κ1) is 13.7. The minimum absolute atomic E-state index is 0.0446. The van der Waals surface area contributed by atoms with E-state index in [4.69, 9.17) is 0 Å². The first-order valence-corrected chi connectivity index (χ1v) is 5.66. The monoisotopic (exact) mass is 236 g/mol. The summed E-state index contributed by atoms with van der Waals surface area (Å²) in [6.07, 6.45) is -0.0446. The molecule has 0 fully saturated rings. The SMILES string of the molecule is COC(=O)C[C@](O)(c1ccccc1)C(C)(C)C. The van der Waals surface area contributed by atoms with Crippen LogP contribution in [0.2, 0.25) is 0 Å². The van der Waals surface area contributed by atoms with Gasteiger partial charge in [-0.25, -0.2) is 0 Å². The minimum atomic E-state index is -1.22. The Bertz CT molecular complexity index is 378. The fourth-order valence-corrected chi connectivity index (χ4v) is 1.80. The summed E-state index contributed by atoms with van der Waals surface area (Å²) in [5.41, 5.74) is -0.943. The number of ether oxygens (including phenoxy) is 1. The molecule has 1 aromatic carbocycles. The maximum absolute atomic E-state index is 11.5. The van der Waals surface area contributed by atoms with Crippen LogP contribution in [-0.2, 0) is 15.1 Å². The summed E-state index contributed by atoms with van der Waals surface area (Å²) in [6, 6.07) is 9.24. The number of esters is 1. The standard InChI is InChI=1S/C14H20O3/c1-13(2,3)14(16,10-12(15)17-4)11-8-6-5-7-9-11/h5-9,16H,10H2,1-4H3/t14-/m0/s1. The van der Waals surface area contributed by atoms with Gasteiger partial charge >= 0.3 is 5.97 Å². The van der Waals surface area contributed by atoms with Gasteiger partial charge in [0.25, 0.3) is 0 Å². The zero-order valence-electron chi connectivity index (χ0n) is 10.9. The maximum Gasteiger partial charge on any atom is 0.308 e. The van der Waals surface area contributed by atoms with Gasteiger partial charge in [-0.2, -0.15) is 0 Å². The molecule has 94 valence electrons. The molecule has 3 nitrogen and oxygen atoms in total. The number of hydrogen-bond donors (Lipinski definition) is 1. The predicted molar refractivity (Wildman–Crippen MR) is 66.4 cm³/mol. The van der Waals surface area contributed by atoms with E-state index in [0.29, 0.717) is 0 Å². The van der Waals surface area contributed by atoms with E-state index in [1.807, 2.05) is 51.1 Å². The lowest BCUT2D eigenvalue weighted by molar-refractivity contribution is -0.153. The number of hydrogen-bond acceptors (Lipinski definition) is 3. The van der Waals surface area contributed by atoms with Crippen LogP contribution in [0.3, 0.4) is 0 Å². The molecule has 1 N–H and O–H groups in total. The number of carbonyl (C=O) groups is 1. The molecule has 0 saturated heterocycles. The smallest absolute Gasteiger partial charge is 0.308 e. The molecule has 0 aliphatic heterocycles. The van der Waals surface area contributed by atoms with Crippen LogP contribution in [-0.4, -0.2) is 18.2 Å². The van der Waals surface area contributed by atoms with Crippen molar-refractivity contribution in [1.82, 2.24) is 0 Å². The third kappa shape index (κ3) is 2.86. The average molecular weight is 236 g/mol. The third-order valence-corrected chi connectivity index (χ3v) is 3.12. The second kappa shape index (κ2) is 4.88. The summed E-state index contributed by atoms with van der Waals surface area (Å²) in [7, 11) is 1.33. The van der Waals surface area contributed by atoms with Crippen LogP contribution in [0.5, 0.6) is 0 Å². The number of carbonyl (C=O) groups excluding carboxylic acids is 1. The highest BCUT2D eigenvalue weighted by atomic mass is 16.5. The zero-order chi connectivity index (χ0) is 13.1. The number of methoxy groups -OCH3 is 1. The molecule has 1 atom stereocenters. The van der Waals surface area contributed by atoms with Crippen molar-refractivity contribution in [3.8, 4) is 0 Å². The molecule has 0 aliphatic rings. The Hall–Kier alpha value is -1.35. The van der Waals surface area contributed by atoms with E-state index >= 15 is 0 Å². The second-order valence-corrected chi connectivity index (χ2v) is 5.23. The van der Waals surface area contributed by atoms with Crippen molar-refractivity contribution in [2.24, 2.45) is 5.41 Å². The van der Waals surface area contributed by atoms with E-state index in [9.17, 15) is 9.90 Å². The lowest BCUT2D eigenvalue weighted by Gasteiger charge is -2.40. The Morgan fingerprint density at radius 2 is 1.76 bits per heavy atom. The van der Waals surface area contributed by atoms with Crippen LogP contribution < -0.4 is 0 Å². The molecule has 1 aromatic rings. The molecule has 0 saturated carbocycles. The number of aliphatic hydroxyl groups is 1. The van der Waals surface area contributed by atoms with Gasteiger partial charge in [0.2, 0.25) is 0 Å². The van der Waals surface area contributed by atoms with Gasteiger partial charge in [0.05, 0.1) is 13.5 Å². The molecule has 0 aliphatic carbocycles. The lowest BCUT2D eigenvalue weighted by Crippen LogP contribution is -2.42. The zero-order valence-corrected chi connectivity index (χ0v) is 10.9. The van der Waals surface area contributed by atoms with Crippen LogP contribution >= 0.6 is 0 Å². The number of benzene rings is 1. The van der Waals surface area contributed by atoms with Crippen molar-refractivity contribution in [3.05, 3.63) is 35.9 Å². The van der Waals surface area contributed by atoms with Crippen LogP contribution in [0.25, 0.3) is 0 Å². The Balaban J connectivity index is 3.16. The molecule has 0 bridgehead atoms. The third-order valence-electron chi connectivity index (χ3n) is 3.12. The molecule has 3 heteroatoms. The molecule has 0 aromatic heterocycles.